The number of benzene rings is 1. The van der Waals surface area contributed by atoms with Crippen LogP contribution in [0.25, 0.3) is 0 Å². The number of hydrogen-bond donors (Lipinski definition) is 2. The maximum Gasteiger partial charge on any atom is 0.422 e. The molecule has 9 heteroatoms. The second-order valence-corrected chi connectivity index (χ2v) is 5.13. The first-order valence-corrected chi connectivity index (χ1v) is 7.06. The average molecular weight is 354 g/mol. The van der Waals surface area contributed by atoms with E-state index >= 15 is 0 Å². The maximum absolute atomic E-state index is 12.2. The minimum atomic E-state index is -4.51. The summed E-state index contributed by atoms with van der Waals surface area (Å²) in [5.41, 5.74) is 0.0712. The van der Waals surface area contributed by atoms with Crippen molar-refractivity contribution in [3.8, 4) is 5.75 Å². The smallest absolute Gasteiger partial charge is 0.422 e. The molecular formula is C14H15ClF3NO4. The zero-order chi connectivity index (χ0) is 17.5. The molecule has 0 aromatic heterocycles. The highest BCUT2D eigenvalue weighted by Gasteiger charge is 2.29. The molecule has 0 aliphatic rings. The molecule has 2 N–H and O–H groups in total. The Kier molecular flexibility index (Phi) is 7.15. The highest BCUT2D eigenvalue weighted by Crippen LogP contribution is 2.30. The molecule has 0 saturated carbocycles. The van der Waals surface area contributed by atoms with Crippen molar-refractivity contribution in [1.29, 1.82) is 0 Å². The van der Waals surface area contributed by atoms with Crippen LogP contribution in [0.3, 0.4) is 0 Å². The van der Waals surface area contributed by atoms with Crippen LogP contribution in [0.15, 0.2) is 18.2 Å². The highest BCUT2D eigenvalue weighted by atomic mass is 35.5. The van der Waals surface area contributed by atoms with Gasteiger partial charge in [-0.2, -0.15) is 13.2 Å². The van der Waals surface area contributed by atoms with Crippen LogP contribution in [-0.2, 0) is 9.59 Å². The summed E-state index contributed by atoms with van der Waals surface area (Å²) in [4.78, 5) is 22.1. The van der Waals surface area contributed by atoms with Crippen LogP contribution in [0.5, 0.6) is 5.75 Å². The number of anilines is 1. The van der Waals surface area contributed by atoms with Crippen LogP contribution in [0.2, 0.25) is 5.02 Å². The van der Waals surface area contributed by atoms with E-state index in [0.717, 1.165) is 0 Å². The number of carbonyl (C=O) groups is 2. The lowest BCUT2D eigenvalue weighted by Gasteiger charge is -2.14. The second kappa shape index (κ2) is 8.61. The molecule has 0 heterocycles. The summed E-state index contributed by atoms with van der Waals surface area (Å²) in [7, 11) is 0. The topological polar surface area (TPSA) is 75.6 Å². The van der Waals surface area contributed by atoms with Crippen LogP contribution < -0.4 is 10.1 Å². The molecule has 0 spiro atoms. The van der Waals surface area contributed by atoms with Gasteiger partial charge in [-0.15, -0.1) is 0 Å². The maximum atomic E-state index is 12.2. The highest BCUT2D eigenvalue weighted by molar-refractivity contribution is 6.30. The Labute approximate surface area is 135 Å². The zero-order valence-corrected chi connectivity index (χ0v) is 12.7. The third-order valence-electron chi connectivity index (χ3n) is 2.65. The van der Waals surface area contributed by atoms with E-state index in [2.05, 4.69) is 10.1 Å². The van der Waals surface area contributed by atoms with Gasteiger partial charge in [-0.05, 0) is 25.0 Å². The first-order valence-electron chi connectivity index (χ1n) is 6.68. The predicted octanol–water partition coefficient (Wildman–Crippen LogP) is 3.86. The Bertz CT molecular complexity index is 563. The molecule has 0 fully saturated rings. The summed E-state index contributed by atoms with van der Waals surface area (Å²) < 4.78 is 41.3. The zero-order valence-electron chi connectivity index (χ0n) is 12.0. The fourth-order valence-electron chi connectivity index (χ4n) is 1.65. The van der Waals surface area contributed by atoms with Crippen molar-refractivity contribution in [2.24, 2.45) is 0 Å². The van der Waals surface area contributed by atoms with Crippen LogP contribution in [0, 0.1) is 0 Å². The monoisotopic (exact) mass is 353 g/mol. The largest absolute Gasteiger partial charge is 0.482 e. The summed E-state index contributed by atoms with van der Waals surface area (Å²) in [6.45, 7) is -1.51. The van der Waals surface area contributed by atoms with E-state index in [4.69, 9.17) is 16.7 Å². The van der Waals surface area contributed by atoms with Crippen molar-refractivity contribution in [3.63, 3.8) is 0 Å². The fourth-order valence-corrected chi connectivity index (χ4v) is 1.82. The van der Waals surface area contributed by atoms with Gasteiger partial charge in [0.25, 0.3) is 0 Å². The van der Waals surface area contributed by atoms with Gasteiger partial charge in [0.1, 0.15) is 5.75 Å². The van der Waals surface area contributed by atoms with Gasteiger partial charge in [0.05, 0.1) is 5.69 Å². The lowest BCUT2D eigenvalue weighted by atomic mass is 10.2. The molecule has 1 aromatic carbocycles. The first-order chi connectivity index (χ1) is 10.7. The Balaban J connectivity index is 2.61. The van der Waals surface area contributed by atoms with Crippen LogP contribution >= 0.6 is 11.6 Å². The van der Waals surface area contributed by atoms with E-state index in [1.807, 2.05) is 0 Å². The molecule has 1 amide bonds. The Morgan fingerprint density at radius 3 is 2.48 bits per heavy atom. The van der Waals surface area contributed by atoms with E-state index < -0.39 is 24.7 Å². The molecule has 0 saturated heterocycles. The number of nitrogens with one attached hydrogen (secondary N) is 1. The van der Waals surface area contributed by atoms with Crippen molar-refractivity contribution in [1.82, 2.24) is 0 Å². The van der Waals surface area contributed by atoms with Crippen LogP contribution in [0.4, 0.5) is 18.9 Å². The Morgan fingerprint density at radius 2 is 1.87 bits per heavy atom. The van der Waals surface area contributed by atoms with Crippen molar-refractivity contribution >= 4 is 29.2 Å². The molecule has 0 atom stereocenters. The molecule has 1 rings (SSSR count). The summed E-state index contributed by atoms with van der Waals surface area (Å²) in [5, 5.41) is 11.1. The number of aliphatic carboxylic acids is 1. The number of alkyl halides is 3. The lowest BCUT2D eigenvalue weighted by Crippen LogP contribution is -2.20. The van der Waals surface area contributed by atoms with Crippen molar-refractivity contribution in [2.45, 2.75) is 31.9 Å². The molecular weight excluding hydrogens is 339 g/mol. The normalized spacial score (nSPS) is 11.1. The third kappa shape index (κ3) is 8.29. The van der Waals surface area contributed by atoms with Crippen LogP contribution in [-0.4, -0.2) is 29.8 Å². The average Bonchev–Trinajstić information content (AvgIpc) is 2.43. The van der Waals surface area contributed by atoms with Crippen LogP contribution in [0.1, 0.15) is 25.7 Å². The molecule has 23 heavy (non-hydrogen) atoms. The van der Waals surface area contributed by atoms with Gasteiger partial charge in [-0.25, -0.2) is 0 Å². The fraction of sp³-hybridized carbons (Fsp3) is 0.429. The van der Waals surface area contributed by atoms with E-state index in [-0.39, 0.29) is 29.3 Å². The van der Waals surface area contributed by atoms with Crippen molar-refractivity contribution in [3.05, 3.63) is 23.2 Å². The molecule has 0 aliphatic carbocycles. The predicted molar refractivity (Wildman–Crippen MR) is 77.7 cm³/mol. The number of carbonyl (C=O) groups excluding carboxylic acids is 1. The second-order valence-electron chi connectivity index (χ2n) is 4.69. The van der Waals surface area contributed by atoms with Crippen molar-refractivity contribution in [2.75, 3.05) is 11.9 Å². The summed E-state index contributed by atoms with van der Waals surface area (Å²) in [6, 6.07) is 3.92. The Hall–Kier alpha value is -1.96. The van der Waals surface area contributed by atoms with Gasteiger partial charge >= 0.3 is 12.1 Å². The van der Waals surface area contributed by atoms with E-state index in [1.165, 1.54) is 18.2 Å². The number of carboxylic acid groups (broad SMARTS) is 1. The number of rotatable bonds is 8. The molecule has 5 nitrogen and oxygen atoms in total. The van der Waals surface area contributed by atoms with E-state index in [9.17, 15) is 22.8 Å². The molecule has 0 bridgehead atoms. The van der Waals surface area contributed by atoms with Gasteiger partial charge in [0.2, 0.25) is 5.91 Å². The van der Waals surface area contributed by atoms with Gasteiger partial charge in [0, 0.05) is 23.9 Å². The van der Waals surface area contributed by atoms with Gasteiger partial charge in [0.15, 0.2) is 6.61 Å². The molecule has 0 aliphatic heterocycles. The quantitative estimate of drug-likeness (QED) is 0.696. The van der Waals surface area contributed by atoms with Gasteiger partial charge in [-0.1, -0.05) is 11.6 Å². The minimum absolute atomic E-state index is 0.0475. The summed E-state index contributed by atoms with van der Waals surface area (Å²) in [6.07, 6.45) is -3.82. The number of carboxylic acids is 1. The number of hydrogen-bond acceptors (Lipinski definition) is 3. The third-order valence-corrected chi connectivity index (χ3v) is 2.89. The standard InChI is InChI=1S/C14H15ClF3NO4/c15-9-5-6-10(11(7-9)23-8-14(16,17)18)19-12(20)3-1-2-4-13(21)22/h5-7H,1-4,8H2,(H,19,20)(H,21,22). The van der Waals surface area contributed by atoms with Crippen molar-refractivity contribution < 1.29 is 32.6 Å². The molecule has 128 valence electrons. The molecule has 0 radical (unpaired) electrons. The Morgan fingerprint density at radius 1 is 1.22 bits per heavy atom. The van der Waals surface area contributed by atoms with E-state index in [0.29, 0.717) is 12.8 Å². The number of halogens is 4. The first kappa shape index (κ1) is 19.1. The molecule has 1 aromatic rings. The number of ether oxygens (including phenoxy) is 1. The van der Waals surface area contributed by atoms with Gasteiger partial charge < -0.3 is 15.2 Å². The number of amides is 1. The SMILES string of the molecule is O=C(O)CCCCC(=O)Nc1ccc(Cl)cc1OCC(F)(F)F. The lowest BCUT2D eigenvalue weighted by molar-refractivity contribution is -0.153. The minimum Gasteiger partial charge on any atom is -0.482 e. The number of unbranched alkanes of at least 4 members (excludes halogenated alkanes) is 1. The van der Waals surface area contributed by atoms with Gasteiger partial charge in [-0.3, -0.25) is 9.59 Å². The summed E-state index contributed by atoms with van der Waals surface area (Å²) >= 11 is 5.71. The van der Waals surface area contributed by atoms with E-state index in [1.54, 1.807) is 0 Å². The summed E-state index contributed by atoms with van der Waals surface area (Å²) in [5.74, 6) is -1.59. The molecule has 0 unspecified atom stereocenters.